The quantitative estimate of drug-likeness (QED) is 0.387. The summed E-state index contributed by atoms with van der Waals surface area (Å²) in [6.45, 7) is 7.32. The van der Waals surface area contributed by atoms with Gasteiger partial charge in [-0.2, -0.15) is 0 Å². The second-order valence-electron chi connectivity index (χ2n) is 9.57. The molecule has 35 heavy (non-hydrogen) atoms. The van der Waals surface area contributed by atoms with Gasteiger partial charge in [0.1, 0.15) is 11.5 Å². The number of imidazole rings is 1. The van der Waals surface area contributed by atoms with Crippen LogP contribution in [0.2, 0.25) is 0 Å². The second-order valence-corrected chi connectivity index (χ2v) is 9.57. The summed E-state index contributed by atoms with van der Waals surface area (Å²) in [6.07, 6.45) is 1.91. The average Bonchev–Trinajstić information content (AvgIpc) is 3.46. The number of ether oxygens (including phenoxy) is 2. The van der Waals surface area contributed by atoms with Gasteiger partial charge in [0.05, 0.1) is 5.56 Å². The third kappa shape index (κ3) is 4.65. The van der Waals surface area contributed by atoms with Gasteiger partial charge in [-0.3, -0.25) is 9.20 Å². The van der Waals surface area contributed by atoms with Crippen LogP contribution in [0.15, 0.2) is 60.8 Å². The number of amides is 1. The minimum absolute atomic E-state index is 0.196. The largest absolute Gasteiger partial charge is 0.454 e. The SMILES string of the molecule is CC(C)(C)Nc1c(-c2ccc3c(c2)OCO3)nc2c(C(=O)NCc3cccc(CN)c3)cccn12. The van der Waals surface area contributed by atoms with Gasteiger partial charge >= 0.3 is 0 Å². The molecule has 3 heterocycles. The van der Waals surface area contributed by atoms with Crippen molar-refractivity contribution >= 4 is 17.4 Å². The van der Waals surface area contributed by atoms with Gasteiger partial charge in [-0.25, -0.2) is 4.98 Å². The molecule has 0 spiro atoms. The summed E-state index contributed by atoms with van der Waals surface area (Å²) in [5.74, 6) is 2.00. The van der Waals surface area contributed by atoms with Gasteiger partial charge < -0.3 is 25.8 Å². The lowest BCUT2D eigenvalue weighted by Gasteiger charge is -2.22. The number of hydrogen-bond acceptors (Lipinski definition) is 6. The third-order valence-electron chi connectivity index (χ3n) is 5.71. The van der Waals surface area contributed by atoms with Crippen LogP contribution in [0.4, 0.5) is 5.82 Å². The smallest absolute Gasteiger partial charge is 0.255 e. The molecule has 0 unspecified atom stereocenters. The number of carbonyl (C=O) groups excluding carboxylic acids is 1. The van der Waals surface area contributed by atoms with E-state index in [1.807, 2.05) is 59.1 Å². The molecule has 1 amide bonds. The summed E-state index contributed by atoms with van der Waals surface area (Å²) >= 11 is 0. The lowest BCUT2D eigenvalue weighted by Crippen LogP contribution is -2.27. The first-order chi connectivity index (χ1) is 16.8. The zero-order chi connectivity index (χ0) is 24.6. The first-order valence-corrected chi connectivity index (χ1v) is 11.6. The maximum absolute atomic E-state index is 13.2. The normalized spacial score (nSPS) is 12.7. The van der Waals surface area contributed by atoms with Gasteiger partial charge in [0.15, 0.2) is 17.1 Å². The predicted molar refractivity (Wildman–Crippen MR) is 136 cm³/mol. The molecular formula is C27H29N5O3. The van der Waals surface area contributed by atoms with Gasteiger partial charge in [0.25, 0.3) is 5.91 Å². The number of nitrogens with two attached hydrogens (primary N) is 1. The van der Waals surface area contributed by atoms with Crippen LogP contribution < -0.4 is 25.8 Å². The van der Waals surface area contributed by atoms with E-state index in [4.69, 9.17) is 20.2 Å². The van der Waals surface area contributed by atoms with Crippen molar-refractivity contribution < 1.29 is 14.3 Å². The summed E-state index contributed by atoms with van der Waals surface area (Å²) in [7, 11) is 0. The number of fused-ring (bicyclic) bond motifs is 2. The molecule has 1 aliphatic rings. The Kier molecular flexibility index (Phi) is 5.82. The zero-order valence-electron chi connectivity index (χ0n) is 20.1. The number of aromatic nitrogens is 2. The van der Waals surface area contributed by atoms with E-state index >= 15 is 0 Å². The van der Waals surface area contributed by atoms with Crippen LogP contribution >= 0.6 is 0 Å². The van der Waals surface area contributed by atoms with Crippen LogP contribution in [0.1, 0.15) is 42.3 Å². The molecule has 0 atom stereocenters. The van der Waals surface area contributed by atoms with Crippen molar-refractivity contribution in [3.8, 4) is 22.8 Å². The second kappa shape index (κ2) is 8.96. The molecule has 0 saturated heterocycles. The van der Waals surface area contributed by atoms with E-state index in [0.29, 0.717) is 35.8 Å². The van der Waals surface area contributed by atoms with Crippen molar-refractivity contribution in [1.82, 2.24) is 14.7 Å². The van der Waals surface area contributed by atoms with E-state index in [1.54, 1.807) is 6.07 Å². The van der Waals surface area contributed by atoms with Crippen LogP contribution in [0.25, 0.3) is 16.9 Å². The Balaban J connectivity index is 1.53. The molecule has 2 aromatic heterocycles. The number of pyridine rings is 1. The minimum Gasteiger partial charge on any atom is -0.454 e. The van der Waals surface area contributed by atoms with Crippen LogP contribution in [0, 0.1) is 0 Å². The highest BCUT2D eigenvalue weighted by Gasteiger charge is 2.24. The number of benzene rings is 2. The zero-order valence-corrected chi connectivity index (χ0v) is 20.1. The number of carbonyl (C=O) groups is 1. The number of rotatable bonds is 6. The molecule has 180 valence electrons. The molecule has 0 saturated carbocycles. The van der Waals surface area contributed by atoms with Crippen molar-refractivity contribution in [2.75, 3.05) is 12.1 Å². The van der Waals surface area contributed by atoms with E-state index in [1.165, 1.54) is 0 Å². The molecule has 4 N–H and O–H groups in total. The Hall–Kier alpha value is -4.04. The topological polar surface area (TPSA) is 103 Å². The van der Waals surface area contributed by atoms with Crippen molar-refractivity contribution in [3.05, 3.63) is 77.5 Å². The van der Waals surface area contributed by atoms with E-state index in [-0.39, 0.29) is 18.2 Å². The Morgan fingerprint density at radius 3 is 2.66 bits per heavy atom. The number of anilines is 1. The average molecular weight is 472 g/mol. The highest BCUT2D eigenvalue weighted by molar-refractivity contribution is 6.01. The first-order valence-electron chi connectivity index (χ1n) is 11.6. The third-order valence-corrected chi connectivity index (χ3v) is 5.71. The highest BCUT2D eigenvalue weighted by atomic mass is 16.7. The van der Waals surface area contributed by atoms with Crippen LogP contribution in [-0.4, -0.2) is 27.6 Å². The van der Waals surface area contributed by atoms with Gasteiger partial charge in [0, 0.05) is 30.4 Å². The number of hydrogen-bond donors (Lipinski definition) is 3. The maximum atomic E-state index is 13.2. The maximum Gasteiger partial charge on any atom is 0.255 e. The Morgan fingerprint density at radius 2 is 1.86 bits per heavy atom. The molecule has 4 aromatic rings. The highest BCUT2D eigenvalue weighted by Crippen LogP contribution is 2.39. The Labute approximate surface area is 204 Å². The molecular weight excluding hydrogens is 442 g/mol. The van der Waals surface area contributed by atoms with Gasteiger partial charge in [-0.05, 0) is 62.2 Å². The molecule has 0 aliphatic carbocycles. The van der Waals surface area contributed by atoms with Crippen molar-refractivity contribution in [2.24, 2.45) is 5.73 Å². The molecule has 0 fully saturated rings. The van der Waals surface area contributed by atoms with E-state index in [9.17, 15) is 4.79 Å². The Bertz CT molecular complexity index is 1400. The predicted octanol–water partition coefficient (Wildman–Crippen LogP) is 4.33. The first kappa shape index (κ1) is 22.7. The summed E-state index contributed by atoms with van der Waals surface area (Å²) in [5.41, 5.74) is 10.2. The summed E-state index contributed by atoms with van der Waals surface area (Å²) in [5, 5.41) is 6.58. The lowest BCUT2D eigenvalue weighted by molar-refractivity contribution is 0.0952. The number of nitrogens with zero attached hydrogens (tertiary/aromatic N) is 2. The van der Waals surface area contributed by atoms with Crippen molar-refractivity contribution in [3.63, 3.8) is 0 Å². The molecule has 0 radical (unpaired) electrons. The molecule has 2 aromatic carbocycles. The van der Waals surface area contributed by atoms with E-state index < -0.39 is 0 Å². The molecule has 8 nitrogen and oxygen atoms in total. The monoisotopic (exact) mass is 471 g/mol. The standard InChI is InChI=1S/C27H29N5O3/c1-27(2,3)31-25-23(19-9-10-21-22(13-19)35-16-34-21)30-24-20(8-5-11-32(24)25)26(33)29-15-18-7-4-6-17(12-18)14-28/h4-13,31H,14-16,28H2,1-3H3,(H,29,33). The van der Waals surface area contributed by atoms with E-state index in [0.717, 1.165) is 28.2 Å². The van der Waals surface area contributed by atoms with Crippen LogP contribution in [0.5, 0.6) is 11.5 Å². The summed E-state index contributed by atoms with van der Waals surface area (Å²) < 4.78 is 13.0. The molecule has 0 bridgehead atoms. The van der Waals surface area contributed by atoms with Crippen molar-refractivity contribution in [2.45, 2.75) is 39.4 Å². The summed E-state index contributed by atoms with van der Waals surface area (Å²) in [6, 6.07) is 17.3. The lowest BCUT2D eigenvalue weighted by atomic mass is 10.1. The summed E-state index contributed by atoms with van der Waals surface area (Å²) in [4.78, 5) is 18.2. The van der Waals surface area contributed by atoms with E-state index in [2.05, 4.69) is 31.4 Å². The fraction of sp³-hybridized carbons (Fsp3) is 0.259. The fourth-order valence-electron chi connectivity index (χ4n) is 4.11. The molecule has 1 aliphatic heterocycles. The van der Waals surface area contributed by atoms with Gasteiger partial charge in [0.2, 0.25) is 6.79 Å². The van der Waals surface area contributed by atoms with Gasteiger partial charge in [-0.1, -0.05) is 24.3 Å². The molecule has 5 rings (SSSR count). The van der Waals surface area contributed by atoms with Crippen LogP contribution in [-0.2, 0) is 13.1 Å². The number of nitrogens with one attached hydrogen (secondary N) is 2. The van der Waals surface area contributed by atoms with Crippen molar-refractivity contribution in [1.29, 1.82) is 0 Å². The fourth-order valence-corrected chi connectivity index (χ4v) is 4.11. The Morgan fingerprint density at radius 1 is 1.06 bits per heavy atom. The van der Waals surface area contributed by atoms with Crippen LogP contribution in [0.3, 0.4) is 0 Å². The van der Waals surface area contributed by atoms with Gasteiger partial charge in [-0.15, -0.1) is 0 Å². The minimum atomic E-state index is -0.229. The molecule has 8 heteroatoms.